The first-order chi connectivity index (χ1) is 8.69. The van der Waals surface area contributed by atoms with Gasteiger partial charge in [0, 0.05) is 38.3 Å². The van der Waals surface area contributed by atoms with Gasteiger partial charge in [0.25, 0.3) is 0 Å². The lowest BCUT2D eigenvalue weighted by molar-refractivity contribution is 0.0490. The van der Waals surface area contributed by atoms with Crippen molar-refractivity contribution in [3.8, 4) is 0 Å². The zero-order chi connectivity index (χ0) is 13.4. The second-order valence-electron chi connectivity index (χ2n) is 5.79. The Hall–Kier alpha value is -0.120. The molecule has 0 amide bonds. The van der Waals surface area contributed by atoms with Gasteiger partial charge >= 0.3 is 0 Å². The fourth-order valence-electron chi connectivity index (χ4n) is 2.62. The molecule has 0 aromatic carbocycles. The summed E-state index contributed by atoms with van der Waals surface area (Å²) in [5.74, 6) is 0.714. The highest BCUT2D eigenvalue weighted by Gasteiger charge is 2.28. The van der Waals surface area contributed by atoms with Crippen LogP contribution in [0, 0.1) is 5.92 Å². The summed E-state index contributed by atoms with van der Waals surface area (Å²) in [5.41, 5.74) is 0. The Morgan fingerprint density at radius 1 is 1.28 bits per heavy atom. The minimum atomic E-state index is 0.663. The Morgan fingerprint density at radius 2 is 2.06 bits per heavy atom. The van der Waals surface area contributed by atoms with E-state index >= 15 is 0 Å². The molecule has 0 aromatic rings. The molecule has 0 spiro atoms. The van der Waals surface area contributed by atoms with E-state index in [2.05, 4.69) is 37.9 Å². The Bertz CT molecular complexity index is 209. The molecule has 2 atom stereocenters. The minimum Gasteiger partial charge on any atom is -0.380 e. The summed E-state index contributed by atoms with van der Waals surface area (Å²) < 4.78 is 5.71. The second-order valence-corrected chi connectivity index (χ2v) is 5.79. The third-order valence-electron chi connectivity index (χ3n) is 3.97. The van der Waals surface area contributed by atoms with Crippen LogP contribution in [0.4, 0.5) is 0 Å². The first-order valence-electron chi connectivity index (χ1n) is 7.74. The number of unbranched alkanes of at least 4 members (excludes halogenated alkanes) is 1. The van der Waals surface area contributed by atoms with Crippen LogP contribution in [0.5, 0.6) is 0 Å². The Kier molecular flexibility index (Phi) is 7.87. The molecule has 108 valence electrons. The number of hydrogen-bond acceptors (Lipinski definition) is 3. The van der Waals surface area contributed by atoms with Gasteiger partial charge in [-0.15, -0.1) is 0 Å². The maximum Gasteiger partial charge on any atom is 0.0593 e. The van der Waals surface area contributed by atoms with Crippen LogP contribution < -0.4 is 5.32 Å². The highest BCUT2D eigenvalue weighted by Crippen LogP contribution is 2.15. The van der Waals surface area contributed by atoms with Crippen molar-refractivity contribution in [2.45, 2.75) is 59.0 Å². The lowest BCUT2D eigenvalue weighted by Gasteiger charge is -2.42. The molecule has 0 bridgehead atoms. The number of ether oxygens (including phenoxy) is 1. The Morgan fingerprint density at radius 3 is 2.67 bits per heavy atom. The third kappa shape index (κ3) is 5.25. The van der Waals surface area contributed by atoms with Gasteiger partial charge in [-0.25, -0.2) is 0 Å². The number of hydrogen-bond donors (Lipinski definition) is 1. The van der Waals surface area contributed by atoms with Crippen LogP contribution in [0.25, 0.3) is 0 Å². The molecule has 1 aliphatic heterocycles. The summed E-state index contributed by atoms with van der Waals surface area (Å²) in [6.07, 6.45) is 3.63. The predicted octanol–water partition coefficient (Wildman–Crippen LogP) is 2.51. The zero-order valence-electron chi connectivity index (χ0n) is 12.7. The number of nitrogens with one attached hydrogen (secondary N) is 1. The fourth-order valence-corrected chi connectivity index (χ4v) is 2.62. The van der Waals surface area contributed by atoms with Crippen molar-refractivity contribution in [1.82, 2.24) is 10.2 Å². The summed E-state index contributed by atoms with van der Waals surface area (Å²) in [6, 6.07) is 1.33. The number of rotatable bonds is 8. The Labute approximate surface area is 113 Å². The lowest BCUT2D eigenvalue weighted by atomic mass is 9.98. The van der Waals surface area contributed by atoms with Crippen molar-refractivity contribution >= 4 is 0 Å². The van der Waals surface area contributed by atoms with E-state index < -0.39 is 0 Å². The SMILES string of the molecule is CCCCOCCN1CC(CC)NCC1C(C)C. The standard InChI is InChI=1S/C15H32N2O/c1-5-7-9-18-10-8-17-12-14(6-2)16-11-15(17)13(3)4/h13-16H,5-12H2,1-4H3. The van der Waals surface area contributed by atoms with Crippen molar-refractivity contribution in [1.29, 1.82) is 0 Å². The number of piperazine rings is 1. The van der Waals surface area contributed by atoms with Crippen molar-refractivity contribution in [3.05, 3.63) is 0 Å². The summed E-state index contributed by atoms with van der Waals surface area (Å²) in [4.78, 5) is 2.63. The van der Waals surface area contributed by atoms with Gasteiger partial charge in [0.15, 0.2) is 0 Å². The van der Waals surface area contributed by atoms with E-state index in [1.54, 1.807) is 0 Å². The topological polar surface area (TPSA) is 24.5 Å². The highest BCUT2D eigenvalue weighted by molar-refractivity contribution is 4.87. The molecule has 2 unspecified atom stereocenters. The van der Waals surface area contributed by atoms with Gasteiger partial charge in [0.2, 0.25) is 0 Å². The van der Waals surface area contributed by atoms with Crippen molar-refractivity contribution in [2.75, 3.05) is 32.8 Å². The van der Waals surface area contributed by atoms with Crippen LogP contribution in [0.3, 0.4) is 0 Å². The van der Waals surface area contributed by atoms with E-state index in [1.165, 1.54) is 25.8 Å². The van der Waals surface area contributed by atoms with Crippen LogP contribution in [0.1, 0.15) is 47.0 Å². The van der Waals surface area contributed by atoms with Crippen LogP contribution in [-0.2, 0) is 4.74 Å². The van der Waals surface area contributed by atoms with E-state index in [1.807, 2.05) is 0 Å². The van der Waals surface area contributed by atoms with E-state index in [-0.39, 0.29) is 0 Å². The average Bonchev–Trinajstić information content (AvgIpc) is 2.38. The fraction of sp³-hybridized carbons (Fsp3) is 1.00. The van der Waals surface area contributed by atoms with Crippen LogP contribution >= 0.6 is 0 Å². The van der Waals surface area contributed by atoms with Gasteiger partial charge < -0.3 is 10.1 Å². The smallest absolute Gasteiger partial charge is 0.0593 e. The Balaban J connectivity index is 2.31. The molecule has 1 N–H and O–H groups in total. The van der Waals surface area contributed by atoms with Crippen molar-refractivity contribution < 1.29 is 4.74 Å². The molecular weight excluding hydrogens is 224 g/mol. The highest BCUT2D eigenvalue weighted by atomic mass is 16.5. The van der Waals surface area contributed by atoms with Gasteiger partial charge in [0.05, 0.1) is 6.61 Å². The first kappa shape index (κ1) is 15.9. The molecule has 0 radical (unpaired) electrons. The van der Waals surface area contributed by atoms with Gasteiger partial charge in [-0.1, -0.05) is 34.1 Å². The van der Waals surface area contributed by atoms with Gasteiger partial charge in [-0.3, -0.25) is 4.90 Å². The van der Waals surface area contributed by atoms with E-state index in [0.29, 0.717) is 18.0 Å². The monoisotopic (exact) mass is 256 g/mol. The molecule has 0 aliphatic carbocycles. The molecule has 1 saturated heterocycles. The number of nitrogens with zero attached hydrogens (tertiary/aromatic N) is 1. The average molecular weight is 256 g/mol. The molecule has 1 rings (SSSR count). The van der Waals surface area contributed by atoms with Crippen LogP contribution in [-0.4, -0.2) is 49.8 Å². The second kappa shape index (κ2) is 8.89. The first-order valence-corrected chi connectivity index (χ1v) is 7.74. The van der Waals surface area contributed by atoms with E-state index in [9.17, 15) is 0 Å². The largest absolute Gasteiger partial charge is 0.380 e. The molecule has 3 nitrogen and oxygen atoms in total. The molecule has 18 heavy (non-hydrogen) atoms. The zero-order valence-corrected chi connectivity index (χ0v) is 12.7. The van der Waals surface area contributed by atoms with Crippen molar-refractivity contribution in [3.63, 3.8) is 0 Å². The molecule has 1 fully saturated rings. The van der Waals surface area contributed by atoms with Gasteiger partial charge in [-0.05, 0) is 18.8 Å². The molecule has 1 aliphatic rings. The van der Waals surface area contributed by atoms with Crippen molar-refractivity contribution in [2.24, 2.45) is 5.92 Å². The lowest BCUT2D eigenvalue weighted by Crippen LogP contribution is -2.58. The summed E-state index contributed by atoms with van der Waals surface area (Å²) in [6.45, 7) is 14.3. The molecule has 0 saturated carbocycles. The van der Waals surface area contributed by atoms with Gasteiger partial charge in [0.1, 0.15) is 0 Å². The third-order valence-corrected chi connectivity index (χ3v) is 3.97. The van der Waals surface area contributed by atoms with E-state index in [0.717, 1.165) is 26.3 Å². The van der Waals surface area contributed by atoms with E-state index in [4.69, 9.17) is 4.74 Å². The van der Waals surface area contributed by atoms with Crippen LogP contribution in [0.15, 0.2) is 0 Å². The quantitative estimate of drug-likeness (QED) is 0.675. The van der Waals surface area contributed by atoms with Gasteiger partial charge in [-0.2, -0.15) is 0 Å². The maximum atomic E-state index is 5.71. The minimum absolute atomic E-state index is 0.663. The maximum absolute atomic E-state index is 5.71. The summed E-state index contributed by atoms with van der Waals surface area (Å²) in [5, 5.41) is 3.66. The molecule has 1 heterocycles. The normalized spacial score (nSPS) is 25.8. The summed E-state index contributed by atoms with van der Waals surface area (Å²) >= 11 is 0. The predicted molar refractivity (Wildman–Crippen MR) is 78.0 cm³/mol. The molecule has 0 aromatic heterocycles. The molecular formula is C15H32N2O. The molecule has 3 heteroatoms. The van der Waals surface area contributed by atoms with Crippen LogP contribution in [0.2, 0.25) is 0 Å². The summed E-state index contributed by atoms with van der Waals surface area (Å²) in [7, 11) is 0.